The first-order chi connectivity index (χ1) is 6.86. The maximum absolute atomic E-state index is 4.60. The van der Waals surface area contributed by atoms with Crippen LogP contribution in [0.25, 0.3) is 0 Å². The summed E-state index contributed by atoms with van der Waals surface area (Å²) in [5.74, 6) is 1.36. The number of pyridine rings is 1. The van der Waals surface area contributed by atoms with E-state index in [-0.39, 0.29) is 0 Å². The fourth-order valence-electron chi connectivity index (χ4n) is 0.949. The molecule has 0 saturated heterocycles. The minimum absolute atomic E-state index is 0.492. The summed E-state index contributed by atoms with van der Waals surface area (Å²) in [6.45, 7) is 0.492. The molecule has 6 heteroatoms. The maximum Gasteiger partial charge on any atom is 0.213 e. The van der Waals surface area contributed by atoms with Crippen LogP contribution in [-0.2, 0) is 6.54 Å². The van der Waals surface area contributed by atoms with E-state index in [0.29, 0.717) is 12.4 Å². The number of anilines is 1. The van der Waals surface area contributed by atoms with Crippen molar-refractivity contribution in [2.45, 2.75) is 6.54 Å². The predicted molar refractivity (Wildman–Crippen MR) is 53.6 cm³/mol. The summed E-state index contributed by atoms with van der Waals surface area (Å²) in [7, 11) is 0. The van der Waals surface area contributed by atoms with E-state index in [1.54, 1.807) is 6.20 Å². The van der Waals surface area contributed by atoms with E-state index >= 15 is 0 Å². The molecule has 0 radical (unpaired) electrons. The molecule has 0 bridgehead atoms. The molecule has 2 aromatic heterocycles. The molecule has 1 N–H and O–H groups in total. The SMILES string of the molecule is Brc1cccnc1NCc1ncon1. The Morgan fingerprint density at radius 2 is 2.36 bits per heavy atom. The molecule has 2 heterocycles. The van der Waals surface area contributed by atoms with Gasteiger partial charge in [-0.25, -0.2) is 4.98 Å². The lowest BCUT2D eigenvalue weighted by Gasteiger charge is -2.03. The van der Waals surface area contributed by atoms with Crippen LogP contribution < -0.4 is 5.32 Å². The fraction of sp³-hybridized carbons (Fsp3) is 0.125. The Hall–Kier alpha value is -1.43. The summed E-state index contributed by atoms with van der Waals surface area (Å²) in [6, 6.07) is 3.76. The quantitative estimate of drug-likeness (QED) is 0.906. The van der Waals surface area contributed by atoms with Gasteiger partial charge in [0.1, 0.15) is 5.82 Å². The molecule has 0 aliphatic carbocycles. The van der Waals surface area contributed by atoms with Gasteiger partial charge >= 0.3 is 0 Å². The third-order valence-corrected chi connectivity index (χ3v) is 2.22. The van der Waals surface area contributed by atoms with Crippen molar-refractivity contribution < 1.29 is 4.52 Å². The number of nitrogens with one attached hydrogen (secondary N) is 1. The Morgan fingerprint density at radius 3 is 3.07 bits per heavy atom. The Labute approximate surface area is 88.7 Å². The zero-order valence-corrected chi connectivity index (χ0v) is 8.73. The van der Waals surface area contributed by atoms with Crippen LogP contribution in [0.5, 0.6) is 0 Å². The van der Waals surface area contributed by atoms with E-state index in [0.717, 1.165) is 10.3 Å². The van der Waals surface area contributed by atoms with Crippen molar-refractivity contribution in [3.8, 4) is 0 Å². The highest BCUT2D eigenvalue weighted by molar-refractivity contribution is 9.10. The van der Waals surface area contributed by atoms with Crippen LogP contribution in [0.2, 0.25) is 0 Å². The lowest BCUT2D eigenvalue weighted by Crippen LogP contribution is -2.03. The van der Waals surface area contributed by atoms with Crippen LogP contribution in [0.15, 0.2) is 33.7 Å². The van der Waals surface area contributed by atoms with Gasteiger partial charge < -0.3 is 9.84 Å². The van der Waals surface area contributed by atoms with Gasteiger partial charge in [-0.3, -0.25) is 0 Å². The fourth-order valence-corrected chi connectivity index (χ4v) is 1.34. The van der Waals surface area contributed by atoms with Crippen LogP contribution in [0.4, 0.5) is 5.82 Å². The monoisotopic (exact) mass is 254 g/mol. The molecular formula is C8H7BrN4O. The van der Waals surface area contributed by atoms with Crippen LogP contribution in [0.1, 0.15) is 5.82 Å². The van der Waals surface area contributed by atoms with Gasteiger partial charge in [0.25, 0.3) is 0 Å². The van der Waals surface area contributed by atoms with Crippen molar-refractivity contribution in [1.82, 2.24) is 15.1 Å². The lowest BCUT2D eigenvalue weighted by atomic mass is 10.4. The molecule has 72 valence electrons. The molecule has 0 amide bonds. The second-order valence-corrected chi connectivity index (χ2v) is 3.39. The van der Waals surface area contributed by atoms with Gasteiger partial charge in [-0.1, -0.05) is 5.16 Å². The third kappa shape index (κ3) is 2.08. The van der Waals surface area contributed by atoms with E-state index in [9.17, 15) is 0 Å². The summed E-state index contributed by atoms with van der Waals surface area (Å²) >= 11 is 3.37. The zero-order chi connectivity index (χ0) is 9.80. The van der Waals surface area contributed by atoms with Gasteiger partial charge in [-0.05, 0) is 28.1 Å². The summed E-state index contributed by atoms with van der Waals surface area (Å²) in [5, 5.41) is 6.74. The molecule has 0 atom stereocenters. The van der Waals surface area contributed by atoms with Crippen LogP contribution in [-0.4, -0.2) is 15.1 Å². The average Bonchev–Trinajstić information content (AvgIpc) is 2.69. The first-order valence-electron chi connectivity index (χ1n) is 3.96. The first kappa shape index (κ1) is 9.14. The molecule has 0 aromatic carbocycles. The van der Waals surface area contributed by atoms with Crippen molar-refractivity contribution in [3.05, 3.63) is 35.0 Å². The second kappa shape index (κ2) is 4.19. The Bertz CT molecular complexity index is 403. The summed E-state index contributed by atoms with van der Waals surface area (Å²) in [5.41, 5.74) is 0. The molecule has 2 rings (SSSR count). The Morgan fingerprint density at radius 1 is 1.43 bits per heavy atom. The van der Waals surface area contributed by atoms with Crippen molar-refractivity contribution >= 4 is 21.7 Å². The topological polar surface area (TPSA) is 63.8 Å². The molecule has 0 spiro atoms. The molecule has 14 heavy (non-hydrogen) atoms. The largest absolute Gasteiger partial charge is 0.362 e. The highest BCUT2D eigenvalue weighted by Gasteiger charge is 2.01. The van der Waals surface area contributed by atoms with Crippen molar-refractivity contribution in [2.24, 2.45) is 0 Å². The van der Waals surface area contributed by atoms with Crippen molar-refractivity contribution in [1.29, 1.82) is 0 Å². The van der Waals surface area contributed by atoms with Crippen molar-refractivity contribution in [3.63, 3.8) is 0 Å². The standard InChI is InChI=1S/C8H7BrN4O/c9-6-2-1-3-10-8(6)11-4-7-12-5-14-13-7/h1-3,5H,4H2,(H,10,11). The van der Waals surface area contributed by atoms with Crippen LogP contribution in [0.3, 0.4) is 0 Å². The van der Waals surface area contributed by atoms with E-state index < -0.39 is 0 Å². The van der Waals surface area contributed by atoms with Gasteiger partial charge in [0.2, 0.25) is 6.39 Å². The highest BCUT2D eigenvalue weighted by Crippen LogP contribution is 2.18. The summed E-state index contributed by atoms with van der Waals surface area (Å²) in [4.78, 5) is 8.01. The van der Waals surface area contributed by atoms with Gasteiger partial charge in [0, 0.05) is 6.20 Å². The molecule has 2 aromatic rings. The smallest absolute Gasteiger partial charge is 0.213 e. The van der Waals surface area contributed by atoms with Crippen LogP contribution in [0, 0.1) is 0 Å². The van der Waals surface area contributed by atoms with E-state index in [1.165, 1.54) is 6.39 Å². The van der Waals surface area contributed by atoms with E-state index in [2.05, 4.69) is 40.9 Å². The number of aromatic nitrogens is 3. The minimum Gasteiger partial charge on any atom is -0.362 e. The molecular weight excluding hydrogens is 248 g/mol. The van der Waals surface area contributed by atoms with E-state index in [1.807, 2.05) is 12.1 Å². The predicted octanol–water partition coefficient (Wildman–Crippen LogP) is 1.84. The average molecular weight is 255 g/mol. The van der Waals surface area contributed by atoms with Gasteiger partial charge in [0.05, 0.1) is 11.0 Å². The summed E-state index contributed by atoms with van der Waals surface area (Å²) < 4.78 is 5.51. The first-order valence-corrected chi connectivity index (χ1v) is 4.75. The maximum atomic E-state index is 4.60. The number of halogens is 1. The number of hydrogen-bond donors (Lipinski definition) is 1. The third-order valence-electron chi connectivity index (χ3n) is 1.58. The Balaban J connectivity index is 2.02. The Kier molecular flexibility index (Phi) is 2.73. The number of hydrogen-bond acceptors (Lipinski definition) is 5. The molecule has 0 unspecified atom stereocenters. The molecule has 5 nitrogen and oxygen atoms in total. The zero-order valence-electron chi connectivity index (χ0n) is 7.14. The number of nitrogens with zero attached hydrogens (tertiary/aromatic N) is 3. The molecule has 0 aliphatic rings. The normalized spacial score (nSPS) is 10.1. The summed E-state index contributed by atoms with van der Waals surface area (Å²) in [6.07, 6.45) is 3.01. The van der Waals surface area contributed by atoms with Gasteiger partial charge in [-0.2, -0.15) is 4.98 Å². The van der Waals surface area contributed by atoms with Gasteiger partial charge in [-0.15, -0.1) is 0 Å². The lowest BCUT2D eigenvalue weighted by molar-refractivity contribution is 0.411. The van der Waals surface area contributed by atoms with Gasteiger partial charge in [0.15, 0.2) is 5.82 Å². The molecule has 0 aliphatic heterocycles. The van der Waals surface area contributed by atoms with Crippen molar-refractivity contribution in [2.75, 3.05) is 5.32 Å². The minimum atomic E-state index is 0.492. The van der Waals surface area contributed by atoms with E-state index in [4.69, 9.17) is 0 Å². The number of rotatable bonds is 3. The molecule has 0 saturated carbocycles. The molecule has 0 fully saturated rings. The second-order valence-electron chi connectivity index (χ2n) is 2.53. The van der Waals surface area contributed by atoms with Crippen LogP contribution >= 0.6 is 15.9 Å². The highest BCUT2D eigenvalue weighted by atomic mass is 79.9.